The Labute approximate surface area is 130 Å². The van der Waals surface area contributed by atoms with Crippen LogP contribution in [0.25, 0.3) is 0 Å². The lowest BCUT2D eigenvalue weighted by atomic mass is 9.91. The number of methoxy groups -OCH3 is 1. The van der Waals surface area contributed by atoms with E-state index < -0.39 is 0 Å². The number of thiophene rings is 1. The van der Waals surface area contributed by atoms with Gasteiger partial charge in [-0.1, -0.05) is 26.0 Å². The van der Waals surface area contributed by atoms with Gasteiger partial charge in [-0.3, -0.25) is 0 Å². The van der Waals surface area contributed by atoms with Crippen molar-refractivity contribution < 1.29 is 9.13 Å². The van der Waals surface area contributed by atoms with Crippen LogP contribution in [0.1, 0.15) is 37.3 Å². The van der Waals surface area contributed by atoms with Crippen LogP contribution in [0.3, 0.4) is 0 Å². The molecule has 0 saturated heterocycles. The van der Waals surface area contributed by atoms with Gasteiger partial charge in [-0.05, 0) is 36.1 Å². The van der Waals surface area contributed by atoms with E-state index in [0.29, 0.717) is 0 Å². The van der Waals surface area contributed by atoms with Gasteiger partial charge < -0.3 is 10.1 Å². The minimum atomic E-state index is -0.318. The van der Waals surface area contributed by atoms with E-state index in [1.165, 1.54) is 18.1 Å². The fraction of sp³-hybridized carbons (Fsp3) is 0.412. The third kappa shape index (κ3) is 3.83. The summed E-state index contributed by atoms with van der Waals surface area (Å²) in [5.74, 6) is -0.0361. The first kappa shape index (κ1) is 16.0. The molecule has 1 atom stereocenters. The molecule has 1 heterocycles. The van der Waals surface area contributed by atoms with E-state index in [2.05, 4.69) is 36.7 Å². The molecule has 2 rings (SSSR count). The van der Waals surface area contributed by atoms with E-state index in [9.17, 15) is 4.39 Å². The zero-order valence-electron chi connectivity index (χ0n) is 12.9. The van der Waals surface area contributed by atoms with Gasteiger partial charge in [0.15, 0.2) is 11.6 Å². The molecule has 1 aromatic carbocycles. The van der Waals surface area contributed by atoms with Gasteiger partial charge in [-0.15, -0.1) is 11.3 Å². The van der Waals surface area contributed by atoms with Gasteiger partial charge in [-0.25, -0.2) is 4.39 Å². The number of hydrogen-bond acceptors (Lipinski definition) is 3. The number of benzene rings is 1. The Morgan fingerprint density at radius 3 is 2.67 bits per heavy atom. The van der Waals surface area contributed by atoms with Gasteiger partial charge in [0.05, 0.1) is 7.11 Å². The molecule has 0 saturated carbocycles. The SMILES string of the molecule is COc1ccc(C(C)NCC(C)(C)c2cccs2)cc1F. The van der Waals surface area contributed by atoms with E-state index in [1.54, 1.807) is 17.4 Å². The molecule has 0 fully saturated rings. The van der Waals surface area contributed by atoms with Crippen molar-refractivity contribution in [2.45, 2.75) is 32.2 Å². The molecule has 2 nitrogen and oxygen atoms in total. The maximum absolute atomic E-state index is 13.8. The summed E-state index contributed by atoms with van der Waals surface area (Å²) >= 11 is 1.77. The largest absolute Gasteiger partial charge is 0.494 e. The number of nitrogens with one attached hydrogen (secondary N) is 1. The Balaban J connectivity index is 2.01. The molecule has 0 spiro atoms. The van der Waals surface area contributed by atoms with Crippen LogP contribution in [0.2, 0.25) is 0 Å². The first-order valence-corrected chi connectivity index (χ1v) is 7.93. The van der Waals surface area contributed by atoms with Gasteiger partial charge >= 0.3 is 0 Å². The Morgan fingerprint density at radius 1 is 1.33 bits per heavy atom. The average molecular weight is 307 g/mol. The van der Waals surface area contributed by atoms with Gasteiger partial charge in [-0.2, -0.15) is 0 Å². The van der Waals surface area contributed by atoms with Crippen molar-refractivity contribution in [2.24, 2.45) is 0 Å². The monoisotopic (exact) mass is 307 g/mol. The minimum absolute atomic E-state index is 0.0629. The van der Waals surface area contributed by atoms with Crippen LogP contribution < -0.4 is 10.1 Å². The highest BCUT2D eigenvalue weighted by Crippen LogP contribution is 2.28. The molecule has 114 valence electrons. The van der Waals surface area contributed by atoms with Crippen molar-refractivity contribution in [3.05, 3.63) is 52.0 Å². The van der Waals surface area contributed by atoms with Crippen LogP contribution >= 0.6 is 11.3 Å². The molecular weight excluding hydrogens is 285 g/mol. The van der Waals surface area contributed by atoms with Crippen LogP contribution in [0.15, 0.2) is 35.7 Å². The molecule has 0 amide bonds. The van der Waals surface area contributed by atoms with Crippen LogP contribution in [-0.2, 0) is 5.41 Å². The highest BCUT2D eigenvalue weighted by molar-refractivity contribution is 7.10. The lowest BCUT2D eigenvalue weighted by molar-refractivity contribution is 0.385. The van der Waals surface area contributed by atoms with Crippen molar-refractivity contribution in [1.29, 1.82) is 0 Å². The molecule has 21 heavy (non-hydrogen) atoms. The summed E-state index contributed by atoms with van der Waals surface area (Å²) in [7, 11) is 1.48. The Kier molecular flexibility index (Phi) is 5.01. The zero-order valence-corrected chi connectivity index (χ0v) is 13.8. The first-order valence-electron chi connectivity index (χ1n) is 7.05. The van der Waals surface area contributed by atoms with Crippen LogP contribution in [0.5, 0.6) is 5.75 Å². The fourth-order valence-electron chi connectivity index (χ4n) is 2.23. The lowest BCUT2D eigenvalue weighted by Gasteiger charge is -2.26. The van der Waals surface area contributed by atoms with E-state index in [-0.39, 0.29) is 23.0 Å². The molecule has 0 aliphatic carbocycles. The number of ether oxygens (including phenoxy) is 1. The molecule has 0 bridgehead atoms. The van der Waals surface area contributed by atoms with Gasteiger partial charge in [0, 0.05) is 22.9 Å². The van der Waals surface area contributed by atoms with E-state index in [1.807, 2.05) is 13.0 Å². The zero-order chi connectivity index (χ0) is 15.5. The Morgan fingerprint density at radius 2 is 2.10 bits per heavy atom. The Hall–Kier alpha value is -1.39. The van der Waals surface area contributed by atoms with E-state index in [4.69, 9.17) is 4.74 Å². The topological polar surface area (TPSA) is 21.3 Å². The second-order valence-electron chi connectivity index (χ2n) is 5.86. The predicted molar refractivity (Wildman–Crippen MR) is 86.7 cm³/mol. The normalized spacial score (nSPS) is 13.2. The first-order chi connectivity index (χ1) is 9.94. The van der Waals surface area contributed by atoms with Crippen molar-refractivity contribution in [1.82, 2.24) is 5.32 Å². The van der Waals surface area contributed by atoms with Gasteiger partial charge in [0.25, 0.3) is 0 Å². The average Bonchev–Trinajstić information content (AvgIpc) is 2.99. The molecule has 1 aromatic heterocycles. The molecule has 0 aliphatic heterocycles. The van der Waals surface area contributed by atoms with Crippen LogP contribution in [0.4, 0.5) is 4.39 Å². The molecule has 0 radical (unpaired) electrons. The summed E-state index contributed by atoms with van der Waals surface area (Å²) in [4.78, 5) is 1.35. The number of hydrogen-bond donors (Lipinski definition) is 1. The van der Waals surface area contributed by atoms with Crippen molar-refractivity contribution in [2.75, 3.05) is 13.7 Å². The maximum atomic E-state index is 13.8. The lowest BCUT2D eigenvalue weighted by Crippen LogP contribution is -2.33. The predicted octanol–water partition coefficient (Wildman–Crippen LogP) is 4.52. The molecule has 1 unspecified atom stereocenters. The molecule has 4 heteroatoms. The quantitative estimate of drug-likeness (QED) is 0.847. The van der Waals surface area contributed by atoms with Gasteiger partial charge in [0.1, 0.15) is 0 Å². The molecule has 0 aliphatic rings. The molecule has 2 aromatic rings. The summed E-state index contributed by atoms with van der Waals surface area (Å²) in [5, 5.41) is 5.59. The fourth-order valence-corrected chi connectivity index (χ4v) is 3.08. The van der Waals surface area contributed by atoms with Gasteiger partial charge in [0.2, 0.25) is 0 Å². The minimum Gasteiger partial charge on any atom is -0.494 e. The standard InChI is InChI=1S/C17H22FNOS/c1-12(13-7-8-15(20-4)14(18)10-13)19-11-17(2,3)16-6-5-9-21-16/h5-10,12,19H,11H2,1-4H3. The number of rotatable bonds is 6. The number of halogens is 1. The Bertz CT molecular complexity index is 580. The second-order valence-corrected chi connectivity index (χ2v) is 6.81. The summed E-state index contributed by atoms with van der Waals surface area (Å²) in [6.45, 7) is 7.31. The van der Waals surface area contributed by atoms with E-state index in [0.717, 1.165) is 12.1 Å². The maximum Gasteiger partial charge on any atom is 0.165 e. The smallest absolute Gasteiger partial charge is 0.165 e. The second kappa shape index (κ2) is 6.58. The summed E-state index contributed by atoms with van der Waals surface area (Å²) in [6.07, 6.45) is 0. The highest BCUT2D eigenvalue weighted by Gasteiger charge is 2.22. The summed E-state index contributed by atoms with van der Waals surface area (Å²) < 4.78 is 18.7. The van der Waals surface area contributed by atoms with E-state index >= 15 is 0 Å². The summed E-state index contributed by atoms with van der Waals surface area (Å²) in [6, 6.07) is 9.43. The summed E-state index contributed by atoms with van der Waals surface area (Å²) in [5.41, 5.74) is 0.989. The highest BCUT2D eigenvalue weighted by atomic mass is 32.1. The molecular formula is C17H22FNOS. The third-order valence-electron chi connectivity index (χ3n) is 3.71. The van der Waals surface area contributed by atoms with Crippen LogP contribution in [-0.4, -0.2) is 13.7 Å². The van der Waals surface area contributed by atoms with Crippen LogP contribution in [0, 0.1) is 5.82 Å². The third-order valence-corrected chi connectivity index (χ3v) is 4.95. The van der Waals surface area contributed by atoms with Crippen molar-refractivity contribution >= 4 is 11.3 Å². The van der Waals surface area contributed by atoms with Crippen molar-refractivity contribution in [3.8, 4) is 5.75 Å². The van der Waals surface area contributed by atoms with Crippen molar-refractivity contribution in [3.63, 3.8) is 0 Å². The molecule has 1 N–H and O–H groups in total.